The van der Waals surface area contributed by atoms with Gasteiger partial charge in [0.1, 0.15) is 12.1 Å². The Balaban J connectivity index is 1.69. The average Bonchev–Trinajstić information content (AvgIpc) is 3.06. The van der Waals surface area contributed by atoms with E-state index >= 15 is 0 Å². The smallest absolute Gasteiger partial charge is 0.237 e. The molecule has 0 atom stereocenters. The Morgan fingerprint density at radius 3 is 2.95 bits per heavy atom. The van der Waals surface area contributed by atoms with Crippen LogP contribution in [0.4, 0.5) is 5.82 Å². The SMILES string of the molecule is Cc1cc(N)nc(SCc2nc(-c3ccoc3)no2)n1. The Labute approximate surface area is 118 Å². The molecule has 8 heteroatoms. The number of aromatic nitrogens is 4. The summed E-state index contributed by atoms with van der Waals surface area (Å²) in [6, 6.07) is 3.49. The number of thioether (sulfide) groups is 1. The highest BCUT2D eigenvalue weighted by atomic mass is 32.2. The molecule has 7 nitrogen and oxygen atoms in total. The predicted molar refractivity (Wildman–Crippen MR) is 72.7 cm³/mol. The normalized spacial score (nSPS) is 10.8. The minimum Gasteiger partial charge on any atom is -0.472 e. The van der Waals surface area contributed by atoms with Crippen molar-refractivity contribution in [2.45, 2.75) is 17.8 Å². The fourth-order valence-electron chi connectivity index (χ4n) is 1.58. The maximum absolute atomic E-state index is 5.67. The number of hydrogen-bond donors (Lipinski definition) is 1. The Bertz CT molecular complexity index is 690. The van der Waals surface area contributed by atoms with Crippen LogP contribution in [0.3, 0.4) is 0 Å². The Hall–Kier alpha value is -2.35. The zero-order valence-electron chi connectivity index (χ0n) is 10.6. The molecule has 0 fully saturated rings. The van der Waals surface area contributed by atoms with Crippen molar-refractivity contribution in [1.29, 1.82) is 0 Å². The number of nitrogens with two attached hydrogens (primary N) is 1. The highest BCUT2D eigenvalue weighted by Gasteiger charge is 2.11. The topological polar surface area (TPSA) is 104 Å². The molecule has 3 aromatic rings. The van der Waals surface area contributed by atoms with E-state index in [4.69, 9.17) is 14.7 Å². The van der Waals surface area contributed by atoms with Crippen LogP contribution < -0.4 is 5.73 Å². The average molecular weight is 289 g/mol. The Morgan fingerprint density at radius 2 is 2.20 bits per heavy atom. The quantitative estimate of drug-likeness (QED) is 0.576. The Kier molecular flexibility index (Phi) is 3.38. The lowest BCUT2D eigenvalue weighted by molar-refractivity contribution is 0.391. The summed E-state index contributed by atoms with van der Waals surface area (Å²) in [6.07, 6.45) is 3.12. The van der Waals surface area contributed by atoms with Gasteiger partial charge in [-0.25, -0.2) is 9.97 Å². The first-order valence-corrected chi connectivity index (χ1v) is 6.78. The summed E-state index contributed by atoms with van der Waals surface area (Å²) < 4.78 is 10.1. The van der Waals surface area contributed by atoms with Gasteiger partial charge in [-0.2, -0.15) is 4.98 Å². The van der Waals surface area contributed by atoms with Gasteiger partial charge in [0.15, 0.2) is 5.16 Å². The lowest BCUT2D eigenvalue weighted by Crippen LogP contribution is -1.96. The molecular weight excluding hydrogens is 278 g/mol. The van der Waals surface area contributed by atoms with E-state index in [0.717, 1.165) is 11.3 Å². The van der Waals surface area contributed by atoms with Gasteiger partial charge >= 0.3 is 0 Å². The first kappa shape index (κ1) is 12.7. The van der Waals surface area contributed by atoms with E-state index in [1.54, 1.807) is 24.7 Å². The molecule has 0 saturated carbocycles. The van der Waals surface area contributed by atoms with E-state index in [2.05, 4.69) is 20.1 Å². The monoisotopic (exact) mass is 289 g/mol. The molecule has 0 saturated heterocycles. The van der Waals surface area contributed by atoms with Gasteiger partial charge in [-0.1, -0.05) is 16.9 Å². The molecule has 0 spiro atoms. The molecule has 0 aromatic carbocycles. The number of nitrogens with zero attached hydrogens (tertiary/aromatic N) is 4. The third-order valence-electron chi connectivity index (χ3n) is 2.43. The molecule has 0 aliphatic rings. The Morgan fingerprint density at radius 1 is 1.30 bits per heavy atom. The number of anilines is 1. The molecule has 3 rings (SSSR count). The molecule has 0 amide bonds. The molecular formula is C12H11N5O2S. The first-order valence-electron chi connectivity index (χ1n) is 5.80. The maximum Gasteiger partial charge on any atom is 0.237 e. The largest absolute Gasteiger partial charge is 0.472 e. The molecule has 0 unspecified atom stereocenters. The third kappa shape index (κ3) is 2.80. The van der Waals surface area contributed by atoms with E-state index in [1.807, 2.05) is 6.92 Å². The summed E-state index contributed by atoms with van der Waals surface area (Å²) in [7, 11) is 0. The van der Waals surface area contributed by atoms with Gasteiger partial charge in [0, 0.05) is 11.8 Å². The highest BCUT2D eigenvalue weighted by molar-refractivity contribution is 7.98. The number of furan rings is 1. The predicted octanol–water partition coefficient (Wildman–Crippen LogP) is 2.30. The number of aryl methyl sites for hydroxylation is 1. The summed E-state index contributed by atoms with van der Waals surface area (Å²) in [4.78, 5) is 12.7. The van der Waals surface area contributed by atoms with Crippen LogP contribution in [0.25, 0.3) is 11.4 Å². The summed E-state index contributed by atoms with van der Waals surface area (Å²) in [5.41, 5.74) is 7.27. The van der Waals surface area contributed by atoms with E-state index < -0.39 is 0 Å². The van der Waals surface area contributed by atoms with Gasteiger partial charge in [0.2, 0.25) is 11.7 Å². The van der Waals surface area contributed by atoms with Crippen molar-refractivity contribution < 1.29 is 8.94 Å². The maximum atomic E-state index is 5.67. The molecule has 0 aliphatic heterocycles. The molecule has 3 heterocycles. The number of nitrogen functional groups attached to an aromatic ring is 1. The van der Waals surface area contributed by atoms with Crippen LogP contribution in [0.5, 0.6) is 0 Å². The van der Waals surface area contributed by atoms with Crippen molar-refractivity contribution in [2.75, 3.05) is 5.73 Å². The van der Waals surface area contributed by atoms with E-state index in [-0.39, 0.29) is 0 Å². The van der Waals surface area contributed by atoms with Crippen LogP contribution in [0.15, 0.2) is 38.8 Å². The van der Waals surface area contributed by atoms with Crippen LogP contribution in [0.1, 0.15) is 11.6 Å². The minimum absolute atomic E-state index is 0.449. The van der Waals surface area contributed by atoms with Gasteiger partial charge in [-0.15, -0.1) is 0 Å². The zero-order chi connectivity index (χ0) is 13.9. The van der Waals surface area contributed by atoms with E-state index in [9.17, 15) is 0 Å². The van der Waals surface area contributed by atoms with E-state index in [1.165, 1.54) is 11.8 Å². The molecule has 3 aromatic heterocycles. The zero-order valence-corrected chi connectivity index (χ0v) is 11.4. The second-order valence-corrected chi connectivity index (χ2v) is 4.97. The molecule has 0 radical (unpaired) electrons. The lowest BCUT2D eigenvalue weighted by Gasteiger charge is -2.00. The third-order valence-corrected chi connectivity index (χ3v) is 3.26. The molecule has 2 N–H and O–H groups in total. The minimum atomic E-state index is 0.449. The molecule has 102 valence electrons. The van der Waals surface area contributed by atoms with Crippen LogP contribution in [-0.2, 0) is 5.75 Å². The standard InChI is InChI=1S/C12H11N5O2S/c1-7-4-9(13)15-12(14-7)20-6-10-16-11(17-19-10)8-2-3-18-5-8/h2-5H,6H2,1H3,(H2,13,14,15). The van der Waals surface area contributed by atoms with Gasteiger partial charge in [-0.05, 0) is 13.0 Å². The van der Waals surface area contributed by atoms with Gasteiger partial charge < -0.3 is 14.7 Å². The first-order chi connectivity index (χ1) is 9.70. The molecule has 0 aliphatic carbocycles. The van der Waals surface area contributed by atoms with E-state index in [0.29, 0.717) is 28.4 Å². The van der Waals surface area contributed by atoms with Crippen molar-refractivity contribution in [2.24, 2.45) is 0 Å². The van der Waals surface area contributed by atoms with Gasteiger partial charge in [-0.3, -0.25) is 0 Å². The van der Waals surface area contributed by atoms with Crippen LogP contribution in [-0.4, -0.2) is 20.1 Å². The van der Waals surface area contributed by atoms with Crippen molar-refractivity contribution in [3.8, 4) is 11.4 Å². The van der Waals surface area contributed by atoms with Crippen molar-refractivity contribution in [3.05, 3.63) is 36.2 Å². The van der Waals surface area contributed by atoms with Crippen molar-refractivity contribution in [3.63, 3.8) is 0 Å². The molecule has 20 heavy (non-hydrogen) atoms. The van der Waals surface area contributed by atoms with Crippen molar-refractivity contribution in [1.82, 2.24) is 20.1 Å². The summed E-state index contributed by atoms with van der Waals surface area (Å²) in [5.74, 6) is 1.92. The van der Waals surface area contributed by atoms with Crippen LogP contribution in [0, 0.1) is 6.92 Å². The molecule has 0 bridgehead atoms. The highest BCUT2D eigenvalue weighted by Crippen LogP contribution is 2.22. The summed E-state index contributed by atoms with van der Waals surface area (Å²) in [5, 5.41) is 4.47. The number of rotatable bonds is 4. The fourth-order valence-corrected chi connectivity index (χ4v) is 2.33. The summed E-state index contributed by atoms with van der Waals surface area (Å²) in [6.45, 7) is 1.87. The second kappa shape index (κ2) is 5.33. The van der Waals surface area contributed by atoms with Gasteiger partial charge in [0.05, 0.1) is 17.6 Å². The second-order valence-electron chi connectivity index (χ2n) is 4.03. The van der Waals surface area contributed by atoms with Crippen LogP contribution in [0.2, 0.25) is 0 Å². The summed E-state index contributed by atoms with van der Waals surface area (Å²) >= 11 is 1.39. The fraction of sp³-hybridized carbons (Fsp3) is 0.167. The van der Waals surface area contributed by atoms with Crippen molar-refractivity contribution >= 4 is 17.6 Å². The number of hydrogen-bond acceptors (Lipinski definition) is 8. The lowest BCUT2D eigenvalue weighted by atomic mass is 10.3. The van der Waals surface area contributed by atoms with Gasteiger partial charge in [0.25, 0.3) is 0 Å². The van der Waals surface area contributed by atoms with Crippen LogP contribution >= 0.6 is 11.8 Å².